The van der Waals surface area contributed by atoms with E-state index in [1.165, 1.54) is 10.2 Å². The molecule has 1 aromatic heterocycles. The second-order valence-electron chi connectivity index (χ2n) is 7.27. The van der Waals surface area contributed by atoms with Gasteiger partial charge in [-0.2, -0.15) is 0 Å². The Morgan fingerprint density at radius 2 is 1.69 bits per heavy atom. The van der Waals surface area contributed by atoms with Crippen molar-refractivity contribution in [2.24, 2.45) is 0 Å². The molecule has 3 aromatic rings. The molecule has 6 nitrogen and oxygen atoms in total. The largest absolute Gasteiger partial charge is 0.353 e. The van der Waals surface area contributed by atoms with Crippen molar-refractivity contribution in [2.75, 3.05) is 0 Å². The number of aromatic amines is 1. The van der Waals surface area contributed by atoms with E-state index in [4.69, 9.17) is 0 Å². The van der Waals surface area contributed by atoms with Crippen molar-refractivity contribution in [3.05, 3.63) is 80.9 Å². The molecule has 0 fully saturated rings. The molecule has 29 heavy (non-hydrogen) atoms. The Bertz CT molecular complexity index is 1070. The zero-order chi connectivity index (χ0) is 20.6. The summed E-state index contributed by atoms with van der Waals surface area (Å²) in [5.74, 6) is -0.114. The second kappa shape index (κ2) is 9.87. The van der Waals surface area contributed by atoms with Crippen molar-refractivity contribution in [2.45, 2.75) is 51.6 Å². The van der Waals surface area contributed by atoms with Gasteiger partial charge in [-0.1, -0.05) is 55.8 Å². The Morgan fingerprint density at radius 3 is 2.41 bits per heavy atom. The molecule has 1 atom stereocenters. The van der Waals surface area contributed by atoms with Crippen LogP contribution in [0.4, 0.5) is 0 Å². The van der Waals surface area contributed by atoms with Crippen molar-refractivity contribution in [3.63, 3.8) is 0 Å². The third-order valence-corrected chi connectivity index (χ3v) is 5.07. The first kappa shape index (κ1) is 20.6. The maximum absolute atomic E-state index is 12.5. The maximum atomic E-state index is 12.5. The van der Waals surface area contributed by atoms with Gasteiger partial charge in [0.1, 0.15) is 0 Å². The van der Waals surface area contributed by atoms with Crippen molar-refractivity contribution in [1.82, 2.24) is 15.1 Å². The van der Waals surface area contributed by atoms with Gasteiger partial charge in [0.15, 0.2) is 0 Å². The number of hydrogen-bond acceptors (Lipinski definition) is 3. The summed E-state index contributed by atoms with van der Waals surface area (Å²) in [7, 11) is 0. The van der Waals surface area contributed by atoms with Crippen LogP contribution < -0.4 is 16.4 Å². The fourth-order valence-electron chi connectivity index (χ4n) is 3.54. The topological polar surface area (TPSA) is 84.0 Å². The number of rotatable bonds is 9. The predicted molar refractivity (Wildman–Crippen MR) is 115 cm³/mol. The number of fused-ring (bicyclic) bond motifs is 1. The molecule has 0 radical (unpaired) electrons. The van der Waals surface area contributed by atoms with Gasteiger partial charge in [-0.25, -0.2) is 4.68 Å². The van der Waals surface area contributed by atoms with Gasteiger partial charge in [0.2, 0.25) is 5.91 Å². The quantitative estimate of drug-likeness (QED) is 0.586. The Labute approximate surface area is 169 Å². The molecule has 1 heterocycles. The Balaban J connectivity index is 1.60. The monoisotopic (exact) mass is 393 g/mol. The smallest absolute Gasteiger partial charge is 0.273 e. The molecule has 0 aliphatic rings. The minimum absolute atomic E-state index is 0.0973. The molecular weight excluding hydrogens is 366 g/mol. The van der Waals surface area contributed by atoms with Crippen LogP contribution in [0.25, 0.3) is 10.8 Å². The lowest BCUT2D eigenvalue weighted by molar-refractivity contribution is -0.122. The fraction of sp³-hybridized carbons (Fsp3) is 0.348. The number of benzene rings is 2. The van der Waals surface area contributed by atoms with Crippen LogP contribution in [0.1, 0.15) is 38.2 Å². The van der Waals surface area contributed by atoms with E-state index in [0.717, 1.165) is 25.7 Å². The molecule has 1 unspecified atom stereocenters. The third-order valence-electron chi connectivity index (χ3n) is 5.07. The summed E-state index contributed by atoms with van der Waals surface area (Å²) < 4.78 is 1.23. The minimum atomic E-state index is -0.327. The molecule has 0 saturated heterocycles. The van der Waals surface area contributed by atoms with E-state index in [-0.39, 0.29) is 36.0 Å². The van der Waals surface area contributed by atoms with Crippen molar-refractivity contribution < 1.29 is 4.79 Å². The standard InChI is InChI=1S/C23H27N3O3/c1-2-8-18(14-13-17-9-4-3-5-10-17)24-21(27)15-16-26-23(29)20-12-7-6-11-19(20)22(28)25-26/h3-7,9-12,18H,2,8,13-16H2,1H3,(H,24,27)(H,25,28). The zero-order valence-corrected chi connectivity index (χ0v) is 16.7. The molecule has 0 aliphatic heterocycles. The van der Waals surface area contributed by atoms with E-state index in [0.29, 0.717) is 10.8 Å². The van der Waals surface area contributed by atoms with Crippen LogP contribution in [0.3, 0.4) is 0 Å². The number of H-pyrrole nitrogens is 1. The molecule has 6 heteroatoms. The summed E-state index contributed by atoms with van der Waals surface area (Å²) in [6, 6.07) is 17.0. The molecule has 1 amide bonds. The first-order valence-electron chi connectivity index (χ1n) is 10.1. The van der Waals surface area contributed by atoms with Crippen LogP contribution in [0, 0.1) is 0 Å². The van der Waals surface area contributed by atoms with Crippen LogP contribution in [0.15, 0.2) is 64.2 Å². The van der Waals surface area contributed by atoms with Gasteiger partial charge in [0, 0.05) is 12.5 Å². The van der Waals surface area contributed by atoms with Gasteiger partial charge >= 0.3 is 0 Å². The van der Waals surface area contributed by atoms with E-state index >= 15 is 0 Å². The number of nitrogens with zero attached hydrogens (tertiary/aromatic N) is 1. The Hall–Kier alpha value is -3.15. The van der Waals surface area contributed by atoms with E-state index in [1.54, 1.807) is 24.3 Å². The van der Waals surface area contributed by atoms with E-state index < -0.39 is 0 Å². The molecule has 2 aromatic carbocycles. The normalized spacial score (nSPS) is 12.0. The fourth-order valence-corrected chi connectivity index (χ4v) is 3.54. The number of carbonyl (C=O) groups is 1. The summed E-state index contributed by atoms with van der Waals surface area (Å²) >= 11 is 0. The van der Waals surface area contributed by atoms with E-state index in [1.807, 2.05) is 18.2 Å². The first-order valence-corrected chi connectivity index (χ1v) is 10.1. The lowest BCUT2D eigenvalue weighted by Gasteiger charge is -2.18. The highest BCUT2D eigenvalue weighted by Gasteiger charge is 2.13. The molecule has 152 valence electrons. The molecule has 0 saturated carbocycles. The average Bonchev–Trinajstić information content (AvgIpc) is 2.74. The molecular formula is C23H27N3O3. The number of amides is 1. The minimum Gasteiger partial charge on any atom is -0.353 e. The molecule has 3 rings (SSSR count). The average molecular weight is 393 g/mol. The Kier molecular flexibility index (Phi) is 7.00. The lowest BCUT2D eigenvalue weighted by Crippen LogP contribution is -2.37. The van der Waals surface area contributed by atoms with Gasteiger partial charge in [0.25, 0.3) is 11.1 Å². The zero-order valence-electron chi connectivity index (χ0n) is 16.7. The summed E-state index contributed by atoms with van der Waals surface area (Å²) in [5, 5.41) is 6.38. The maximum Gasteiger partial charge on any atom is 0.273 e. The Morgan fingerprint density at radius 1 is 1.00 bits per heavy atom. The van der Waals surface area contributed by atoms with E-state index in [2.05, 4.69) is 29.5 Å². The number of aromatic nitrogens is 2. The summed E-state index contributed by atoms with van der Waals surface area (Å²) in [4.78, 5) is 37.2. The molecule has 2 N–H and O–H groups in total. The molecule has 0 aliphatic carbocycles. The highest BCUT2D eigenvalue weighted by molar-refractivity contribution is 5.80. The third kappa shape index (κ3) is 5.44. The second-order valence-corrected chi connectivity index (χ2v) is 7.27. The van der Waals surface area contributed by atoms with Crippen LogP contribution in [0.2, 0.25) is 0 Å². The van der Waals surface area contributed by atoms with Gasteiger partial charge in [-0.3, -0.25) is 19.5 Å². The van der Waals surface area contributed by atoms with Crippen LogP contribution in [-0.4, -0.2) is 21.7 Å². The lowest BCUT2D eigenvalue weighted by atomic mass is 10.0. The van der Waals surface area contributed by atoms with Crippen LogP contribution in [-0.2, 0) is 17.8 Å². The number of hydrogen-bond donors (Lipinski definition) is 2. The van der Waals surface area contributed by atoms with Gasteiger partial charge in [-0.15, -0.1) is 0 Å². The summed E-state index contributed by atoms with van der Waals surface area (Å²) in [6.45, 7) is 2.24. The van der Waals surface area contributed by atoms with Gasteiger partial charge in [0.05, 0.1) is 17.3 Å². The van der Waals surface area contributed by atoms with Crippen LogP contribution >= 0.6 is 0 Å². The van der Waals surface area contributed by atoms with Crippen molar-refractivity contribution >= 4 is 16.7 Å². The van der Waals surface area contributed by atoms with Crippen LogP contribution in [0.5, 0.6) is 0 Å². The highest BCUT2D eigenvalue weighted by Crippen LogP contribution is 2.09. The summed E-state index contributed by atoms with van der Waals surface area (Å²) in [6.07, 6.45) is 3.81. The predicted octanol–water partition coefficient (Wildman–Crippen LogP) is 3.00. The van der Waals surface area contributed by atoms with Gasteiger partial charge < -0.3 is 5.32 Å². The van der Waals surface area contributed by atoms with Crippen molar-refractivity contribution in [3.8, 4) is 0 Å². The summed E-state index contributed by atoms with van der Waals surface area (Å²) in [5.41, 5.74) is 0.637. The number of carbonyl (C=O) groups excluding carboxylic acids is 1. The molecule has 0 bridgehead atoms. The highest BCUT2D eigenvalue weighted by atomic mass is 16.2. The van der Waals surface area contributed by atoms with E-state index in [9.17, 15) is 14.4 Å². The first-order chi connectivity index (χ1) is 14.1. The number of nitrogens with one attached hydrogen (secondary N) is 2. The van der Waals surface area contributed by atoms with Gasteiger partial charge in [-0.05, 0) is 37.0 Å². The van der Waals surface area contributed by atoms with Crippen molar-refractivity contribution in [1.29, 1.82) is 0 Å². The number of aryl methyl sites for hydroxylation is 2. The molecule has 0 spiro atoms. The SMILES string of the molecule is CCCC(CCc1ccccc1)NC(=O)CCn1[nH]c(=O)c2ccccc2c1=O.